The van der Waals surface area contributed by atoms with E-state index in [-0.39, 0.29) is 18.9 Å². The molecule has 5 rings (SSSR count). The van der Waals surface area contributed by atoms with Crippen molar-refractivity contribution in [2.75, 3.05) is 13.7 Å². The normalized spacial score (nSPS) is 24.0. The first-order valence-electron chi connectivity index (χ1n) is 13.0. The summed E-state index contributed by atoms with van der Waals surface area (Å²) in [5.41, 5.74) is -1.17. The van der Waals surface area contributed by atoms with Gasteiger partial charge in [0.15, 0.2) is 0 Å². The van der Waals surface area contributed by atoms with Gasteiger partial charge in [-0.1, -0.05) is 6.08 Å². The highest BCUT2D eigenvalue weighted by atomic mass is 32.1. The fourth-order valence-corrected chi connectivity index (χ4v) is 6.15. The van der Waals surface area contributed by atoms with Gasteiger partial charge in [0.25, 0.3) is 0 Å². The molecule has 0 bridgehead atoms. The van der Waals surface area contributed by atoms with Crippen LogP contribution < -0.4 is 10.1 Å². The lowest BCUT2D eigenvalue weighted by Gasteiger charge is -2.28. The molecule has 11 nitrogen and oxygen atoms in total. The van der Waals surface area contributed by atoms with Gasteiger partial charge in [-0.2, -0.15) is 0 Å². The van der Waals surface area contributed by atoms with E-state index in [9.17, 15) is 14.4 Å². The van der Waals surface area contributed by atoms with E-state index in [1.807, 2.05) is 23.9 Å². The van der Waals surface area contributed by atoms with E-state index in [1.165, 1.54) is 23.3 Å². The molecule has 2 fully saturated rings. The molecule has 3 aromatic heterocycles. The van der Waals surface area contributed by atoms with Crippen LogP contribution in [0.1, 0.15) is 33.6 Å². The van der Waals surface area contributed by atoms with E-state index >= 15 is 0 Å². The molecule has 3 aromatic rings. The van der Waals surface area contributed by atoms with Crippen LogP contribution in [0.15, 0.2) is 43.4 Å². The highest BCUT2D eigenvalue weighted by Crippen LogP contribution is 2.46. The number of ether oxygens (including phenoxy) is 3. The number of hydrogen-bond donors (Lipinski definition) is 1. The molecule has 2 amide bonds. The Morgan fingerprint density at radius 1 is 1.25 bits per heavy atom. The second kappa shape index (κ2) is 10.2. The van der Waals surface area contributed by atoms with Gasteiger partial charge in [0.1, 0.15) is 34.9 Å². The Balaban J connectivity index is 1.40. The first kappa shape index (κ1) is 27.6. The number of rotatable bonds is 7. The monoisotopic (exact) mass is 567 g/mol. The van der Waals surface area contributed by atoms with Crippen molar-refractivity contribution in [1.82, 2.24) is 24.8 Å². The minimum atomic E-state index is -1.18. The number of hydrogen-bond acceptors (Lipinski definition) is 9. The van der Waals surface area contributed by atoms with E-state index in [0.717, 1.165) is 20.9 Å². The minimum Gasteiger partial charge on any atom is -0.487 e. The predicted molar refractivity (Wildman–Crippen MR) is 149 cm³/mol. The zero-order valence-corrected chi connectivity index (χ0v) is 24.0. The first-order valence-corrected chi connectivity index (χ1v) is 13.8. The Kier molecular flexibility index (Phi) is 7.07. The fraction of sp³-hybridized carbons (Fsp3) is 0.464. The first-order chi connectivity index (χ1) is 19.0. The summed E-state index contributed by atoms with van der Waals surface area (Å²) in [6.07, 6.45) is 6.37. The van der Waals surface area contributed by atoms with Crippen LogP contribution in [-0.4, -0.2) is 74.3 Å². The molecule has 40 heavy (non-hydrogen) atoms. The molecule has 4 heterocycles. The number of pyridine rings is 1. The lowest BCUT2D eigenvalue weighted by atomic mass is 10.1. The van der Waals surface area contributed by atoms with Crippen LogP contribution in [0.2, 0.25) is 0 Å². The molecule has 212 valence electrons. The molecule has 1 saturated carbocycles. The van der Waals surface area contributed by atoms with Crippen molar-refractivity contribution in [3.63, 3.8) is 0 Å². The zero-order chi connectivity index (χ0) is 28.8. The Hall–Kier alpha value is -3.93. The molecule has 4 atom stereocenters. The molecule has 2 aliphatic rings. The molecule has 1 saturated heterocycles. The molecule has 1 aliphatic carbocycles. The molecular weight excluding hydrogens is 534 g/mol. The van der Waals surface area contributed by atoms with Gasteiger partial charge in [0, 0.05) is 38.0 Å². The van der Waals surface area contributed by atoms with E-state index in [1.54, 1.807) is 45.3 Å². The van der Waals surface area contributed by atoms with Gasteiger partial charge in [-0.15, -0.1) is 17.9 Å². The van der Waals surface area contributed by atoms with Crippen molar-refractivity contribution >= 4 is 39.5 Å². The van der Waals surface area contributed by atoms with E-state index in [2.05, 4.69) is 21.9 Å². The average Bonchev–Trinajstić information content (AvgIpc) is 3.26. The van der Waals surface area contributed by atoms with Crippen molar-refractivity contribution in [3.8, 4) is 16.5 Å². The standard InChI is InChI=1S/C28H33N5O6S/c1-7-16-14-28(16,25(35)37-6)31-24(34)19-12-17(15-33(19)26(36)39-27(2,3)4)38-20-8-9-29-18-13-21(40-22(18)20)23-30-10-11-32(23)5/h7-11,13,16-17,19H,1,12,14-15H2,2-6H3,(H,31,34). The van der Waals surface area contributed by atoms with Gasteiger partial charge in [-0.05, 0) is 39.3 Å². The number of methoxy groups -OCH3 is 1. The number of esters is 1. The number of carbonyl (C=O) groups excluding carboxylic acids is 3. The molecule has 12 heteroatoms. The smallest absolute Gasteiger partial charge is 0.411 e. The summed E-state index contributed by atoms with van der Waals surface area (Å²) in [5.74, 6) is 0.162. The number of aryl methyl sites for hydroxylation is 1. The lowest BCUT2D eigenvalue weighted by molar-refractivity contribution is -0.147. The Bertz CT molecular complexity index is 1480. The number of carbonyl (C=O) groups is 3. The van der Waals surface area contributed by atoms with Gasteiger partial charge < -0.3 is 24.1 Å². The van der Waals surface area contributed by atoms with Gasteiger partial charge in [0.2, 0.25) is 5.91 Å². The fourth-order valence-electron chi connectivity index (χ4n) is 5.04. The maximum Gasteiger partial charge on any atom is 0.411 e. The van der Waals surface area contributed by atoms with E-state index in [4.69, 9.17) is 14.2 Å². The number of imidazole rings is 1. The van der Waals surface area contributed by atoms with Crippen molar-refractivity contribution in [3.05, 3.63) is 43.4 Å². The molecule has 1 N–H and O–H groups in total. The van der Waals surface area contributed by atoms with Crippen LogP contribution in [-0.2, 0) is 26.1 Å². The summed E-state index contributed by atoms with van der Waals surface area (Å²) in [6, 6.07) is 2.83. The van der Waals surface area contributed by atoms with Gasteiger partial charge in [0.05, 0.1) is 28.7 Å². The molecule has 0 radical (unpaired) electrons. The summed E-state index contributed by atoms with van der Waals surface area (Å²) < 4.78 is 19.7. The summed E-state index contributed by atoms with van der Waals surface area (Å²) in [6.45, 7) is 9.17. The van der Waals surface area contributed by atoms with Gasteiger partial charge in [-0.25, -0.2) is 14.6 Å². The molecule has 4 unspecified atom stereocenters. The SMILES string of the molecule is C=CC1CC1(NC(=O)C1CC(Oc2ccnc3cc(-c4nccn4C)sc23)CN1C(=O)OC(C)(C)C)C(=O)OC. The van der Waals surface area contributed by atoms with E-state index < -0.39 is 41.3 Å². The second-order valence-electron chi connectivity index (χ2n) is 11.1. The predicted octanol–water partition coefficient (Wildman–Crippen LogP) is 3.69. The number of nitrogens with one attached hydrogen (secondary N) is 1. The topological polar surface area (TPSA) is 125 Å². The highest BCUT2D eigenvalue weighted by Gasteiger charge is 2.62. The molecular formula is C28H33N5O6S. The van der Waals surface area contributed by atoms with Crippen LogP contribution in [0, 0.1) is 5.92 Å². The third-order valence-corrected chi connectivity index (χ3v) is 8.23. The third-order valence-electron chi connectivity index (χ3n) is 7.10. The largest absolute Gasteiger partial charge is 0.487 e. The zero-order valence-electron chi connectivity index (χ0n) is 23.2. The van der Waals surface area contributed by atoms with Crippen LogP contribution in [0.25, 0.3) is 20.9 Å². The number of likely N-dealkylation sites (tertiary alicyclic amines) is 1. The van der Waals surface area contributed by atoms with Gasteiger partial charge in [-0.3, -0.25) is 14.7 Å². The van der Waals surface area contributed by atoms with Crippen molar-refractivity contribution in [2.45, 2.75) is 56.9 Å². The van der Waals surface area contributed by atoms with Gasteiger partial charge >= 0.3 is 12.1 Å². The number of amides is 2. The van der Waals surface area contributed by atoms with Crippen LogP contribution in [0.4, 0.5) is 4.79 Å². The third kappa shape index (κ3) is 5.15. The maximum atomic E-state index is 13.6. The molecule has 0 spiro atoms. The maximum absolute atomic E-state index is 13.6. The quantitative estimate of drug-likeness (QED) is 0.339. The number of aromatic nitrogens is 3. The van der Waals surface area contributed by atoms with E-state index in [0.29, 0.717) is 12.2 Å². The summed E-state index contributed by atoms with van der Waals surface area (Å²) in [4.78, 5) is 50.5. The van der Waals surface area contributed by atoms with Crippen molar-refractivity contribution in [1.29, 1.82) is 0 Å². The second-order valence-corrected chi connectivity index (χ2v) is 12.2. The van der Waals surface area contributed by atoms with Crippen molar-refractivity contribution in [2.24, 2.45) is 13.0 Å². The Morgan fingerprint density at radius 3 is 2.65 bits per heavy atom. The average molecular weight is 568 g/mol. The number of fused-ring (bicyclic) bond motifs is 1. The van der Waals surface area contributed by atoms with Crippen LogP contribution in [0.5, 0.6) is 5.75 Å². The van der Waals surface area contributed by atoms with Crippen LogP contribution in [0.3, 0.4) is 0 Å². The number of nitrogens with zero attached hydrogens (tertiary/aromatic N) is 4. The summed E-state index contributed by atoms with van der Waals surface area (Å²) in [7, 11) is 3.20. The summed E-state index contributed by atoms with van der Waals surface area (Å²) in [5, 5.41) is 2.84. The van der Waals surface area contributed by atoms with Crippen LogP contribution >= 0.6 is 11.3 Å². The number of thiophene rings is 1. The minimum absolute atomic E-state index is 0.129. The van der Waals surface area contributed by atoms with Crippen molar-refractivity contribution < 1.29 is 28.6 Å². The highest BCUT2D eigenvalue weighted by molar-refractivity contribution is 7.22. The molecule has 1 aliphatic heterocycles. The summed E-state index contributed by atoms with van der Waals surface area (Å²) >= 11 is 1.51. The Labute approximate surface area is 236 Å². The lowest BCUT2D eigenvalue weighted by Crippen LogP contribution is -2.53. The molecule has 0 aromatic carbocycles. The Morgan fingerprint density at radius 2 is 2.02 bits per heavy atom.